The Kier molecular flexibility index (Phi) is 5.73. The maximum atomic E-state index is 12.4. The van der Waals surface area contributed by atoms with Crippen molar-refractivity contribution in [3.05, 3.63) is 29.3 Å². The fourth-order valence-electron chi connectivity index (χ4n) is 2.61. The maximum absolute atomic E-state index is 12.4. The quantitative estimate of drug-likeness (QED) is 0.656. The average Bonchev–Trinajstić information content (AvgIpc) is 2.65. The molecule has 0 spiro atoms. The van der Waals surface area contributed by atoms with Crippen LogP contribution in [0.5, 0.6) is 0 Å². The molecular formula is C19H32BNO3S. The van der Waals surface area contributed by atoms with Crippen molar-refractivity contribution in [3.8, 4) is 0 Å². The molecule has 1 fully saturated rings. The highest BCUT2D eigenvalue weighted by Crippen LogP contribution is 2.36. The van der Waals surface area contributed by atoms with E-state index in [1.54, 1.807) is 0 Å². The van der Waals surface area contributed by atoms with Crippen molar-refractivity contribution in [1.82, 2.24) is 4.72 Å². The number of hydrogen-bond acceptors (Lipinski definition) is 4. The lowest BCUT2D eigenvalue weighted by molar-refractivity contribution is 0.00578. The third kappa shape index (κ3) is 4.61. The van der Waals surface area contributed by atoms with Crippen LogP contribution >= 0.6 is 0 Å². The second kappa shape index (κ2) is 6.89. The standard InChI is InChI=1S/C19H32BNO3S/c1-13-10-15(14(2)21-25(22)17(3,4)5)12-16(11-13)20-23-18(6,7)19(8,9)24-20/h10-12,14,21H,1-9H3. The number of nitrogens with one attached hydrogen (secondary N) is 1. The van der Waals surface area contributed by atoms with E-state index in [-0.39, 0.29) is 29.1 Å². The Morgan fingerprint density at radius 2 is 1.60 bits per heavy atom. The smallest absolute Gasteiger partial charge is 0.494 e. The Balaban J connectivity index is 2.24. The molecule has 1 saturated heterocycles. The second-order valence-electron chi connectivity index (χ2n) is 8.99. The van der Waals surface area contributed by atoms with Gasteiger partial charge in [0.25, 0.3) is 0 Å². The van der Waals surface area contributed by atoms with Crippen LogP contribution in [-0.4, -0.2) is 27.6 Å². The second-order valence-corrected chi connectivity index (χ2v) is 11.0. The molecule has 1 aromatic rings. The summed E-state index contributed by atoms with van der Waals surface area (Å²) in [4.78, 5) is 0. The van der Waals surface area contributed by atoms with Crippen LogP contribution < -0.4 is 10.2 Å². The van der Waals surface area contributed by atoms with E-state index in [4.69, 9.17) is 9.31 Å². The van der Waals surface area contributed by atoms with Crippen LogP contribution in [0.2, 0.25) is 0 Å². The Labute approximate surface area is 156 Å². The van der Waals surface area contributed by atoms with Gasteiger partial charge in [-0.2, -0.15) is 0 Å². The fourth-order valence-corrected chi connectivity index (χ4v) is 3.42. The van der Waals surface area contributed by atoms with Crippen LogP contribution in [0, 0.1) is 6.92 Å². The van der Waals surface area contributed by atoms with Gasteiger partial charge in [0, 0.05) is 11.4 Å². The van der Waals surface area contributed by atoms with Gasteiger partial charge in [0.1, 0.15) is 4.75 Å². The van der Waals surface area contributed by atoms with Crippen molar-refractivity contribution < 1.29 is 13.9 Å². The van der Waals surface area contributed by atoms with Gasteiger partial charge in [-0.15, -0.1) is 4.72 Å². The molecule has 1 aromatic carbocycles. The van der Waals surface area contributed by atoms with Gasteiger partial charge >= 0.3 is 7.12 Å². The van der Waals surface area contributed by atoms with Gasteiger partial charge in [-0.1, -0.05) is 23.8 Å². The van der Waals surface area contributed by atoms with Crippen LogP contribution in [0.4, 0.5) is 0 Å². The molecule has 1 aliphatic heterocycles. The van der Waals surface area contributed by atoms with E-state index in [1.165, 1.54) is 0 Å². The predicted molar refractivity (Wildman–Crippen MR) is 106 cm³/mol. The van der Waals surface area contributed by atoms with Crippen molar-refractivity contribution in [2.75, 3.05) is 0 Å². The Bertz CT molecular complexity index is 612. The lowest BCUT2D eigenvalue weighted by Crippen LogP contribution is -2.41. The molecule has 1 aliphatic rings. The third-order valence-corrected chi connectivity index (χ3v) is 6.67. The number of hydrogen-bond donors (Lipinski definition) is 1. The predicted octanol–water partition coefficient (Wildman–Crippen LogP) is 3.41. The minimum atomic E-state index is -1.12. The molecule has 2 rings (SSSR count). The molecule has 2 atom stereocenters. The highest BCUT2D eigenvalue weighted by atomic mass is 32.2. The molecule has 0 saturated carbocycles. The van der Waals surface area contributed by atoms with E-state index in [1.807, 2.05) is 27.7 Å². The summed E-state index contributed by atoms with van der Waals surface area (Å²) >= 11 is -1.12. The van der Waals surface area contributed by atoms with Crippen molar-refractivity contribution >= 4 is 23.9 Å². The summed E-state index contributed by atoms with van der Waals surface area (Å²) in [7, 11) is -0.385. The van der Waals surface area contributed by atoms with Gasteiger partial charge in [0.05, 0.1) is 17.2 Å². The molecule has 1 heterocycles. The maximum Gasteiger partial charge on any atom is 0.494 e. The SMILES string of the molecule is Cc1cc(B2OC(C)(C)C(C)(C)O2)cc(C(C)N[S+]([O-])C(C)(C)C)c1. The van der Waals surface area contributed by atoms with Gasteiger partial charge in [-0.3, -0.25) is 0 Å². The molecule has 2 unspecified atom stereocenters. The lowest BCUT2D eigenvalue weighted by Gasteiger charge is -2.32. The van der Waals surface area contributed by atoms with Gasteiger partial charge in [-0.05, 0) is 73.3 Å². The summed E-state index contributed by atoms with van der Waals surface area (Å²) in [6.45, 7) is 18.2. The van der Waals surface area contributed by atoms with Gasteiger partial charge in [-0.25, -0.2) is 0 Å². The van der Waals surface area contributed by atoms with Crippen LogP contribution in [-0.2, 0) is 20.7 Å². The topological polar surface area (TPSA) is 53.5 Å². The normalized spacial score (nSPS) is 22.1. The molecule has 6 heteroatoms. The molecule has 0 amide bonds. The molecule has 140 valence electrons. The van der Waals surface area contributed by atoms with Gasteiger partial charge in [0.15, 0.2) is 0 Å². The molecule has 0 bridgehead atoms. The number of aryl methyl sites for hydroxylation is 1. The Hall–Kier alpha value is -0.525. The summed E-state index contributed by atoms with van der Waals surface area (Å²) < 4.78 is 27.6. The zero-order valence-electron chi connectivity index (χ0n) is 17.0. The molecule has 0 radical (unpaired) electrons. The number of rotatable bonds is 4. The van der Waals surface area contributed by atoms with Crippen molar-refractivity contribution in [1.29, 1.82) is 0 Å². The van der Waals surface area contributed by atoms with Gasteiger partial charge in [0.2, 0.25) is 0 Å². The summed E-state index contributed by atoms with van der Waals surface area (Å²) in [6.07, 6.45) is 0. The first-order chi connectivity index (χ1) is 11.2. The van der Waals surface area contributed by atoms with E-state index >= 15 is 0 Å². The highest BCUT2D eigenvalue weighted by molar-refractivity contribution is 7.90. The van der Waals surface area contributed by atoms with Crippen LogP contribution in [0.25, 0.3) is 0 Å². The first-order valence-corrected chi connectivity index (χ1v) is 10.0. The molecular weight excluding hydrogens is 333 g/mol. The summed E-state index contributed by atoms with van der Waals surface area (Å²) in [5.74, 6) is 0. The van der Waals surface area contributed by atoms with Crippen LogP contribution in [0.15, 0.2) is 18.2 Å². The average molecular weight is 365 g/mol. The van der Waals surface area contributed by atoms with E-state index in [0.717, 1.165) is 16.6 Å². The first kappa shape index (κ1) is 20.8. The first-order valence-electron chi connectivity index (χ1n) is 8.88. The Morgan fingerprint density at radius 1 is 1.08 bits per heavy atom. The lowest BCUT2D eigenvalue weighted by atomic mass is 9.77. The molecule has 25 heavy (non-hydrogen) atoms. The molecule has 0 aromatic heterocycles. The zero-order valence-corrected chi connectivity index (χ0v) is 17.8. The third-order valence-electron chi connectivity index (χ3n) is 4.99. The largest absolute Gasteiger partial charge is 0.598 e. The molecule has 0 aliphatic carbocycles. The van der Waals surface area contributed by atoms with Crippen molar-refractivity contribution in [2.24, 2.45) is 0 Å². The number of benzene rings is 1. The summed E-state index contributed by atoms with van der Waals surface area (Å²) in [6, 6.07) is 6.28. The monoisotopic (exact) mass is 365 g/mol. The van der Waals surface area contributed by atoms with Gasteiger partial charge < -0.3 is 13.9 Å². The molecule has 4 nitrogen and oxygen atoms in total. The zero-order chi connectivity index (χ0) is 19.2. The summed E-state index contributed by atoms with van der Waals surface area (Å²) in [5.41, 5.74) is 2.50. The highest BCUT2D eigenvalue weighted by Gasteiger charge is 2.51. The van der Waals surface area contributed by atoms with E-state index in [0.29, 0.717) is 0 Å². The van der Waals surface area contributed by atoms with E-state index < -0.39 is 11.4 Å². The van der Waals surface area contributed by atoms with Crippen molar-refractivity contribution in [3.63, 3.8) is 0 Å². The minimum absolute atomic E-state index is 0.0267. The van der Waals surface area contributed by atoms with Crippen molar-refractivity contribution in [2.45, 2.75) is 84.3 Å². The fraction of sp³-hybridized carbons (Fsp3) is 0.684. The van der Waals surface area contributed by atoms with Crippen LogP contribution in [0.1, 0.15) is 72.6 Å². The van der Waals surface area contributed by atoms with E-state index in [9.17, 15) is 4.55 Å². The Morgan fingerprint density at radius 3 is 2.08 bits per heavy atom. The minimum Gasteiger partial charge on any atom is -0.598 e. The van der Waals surface area contributed by atoms with E-state index in [2.05, 4.69) is 57.5 Å². The van der Waals surface area contributed by atoms with Crippen LogP contribution in [0.3, 0.4) is 0 Å². The summed E-state index contributed by atoms with van der Waals surface area (Å²) in [5, 5.41) is 0. The molecule has 1 N–H and O–H groups in total.